The Morgan fingerprint density at radius 1 is 0.417 bits per heavy atom. The van der Waals surface area contributed by atoms with Crippen LogP contribution < -0.4 is 0 Å². The lowest BCUT2D eigenvalue weighted by atomic mass is 9.80. The summed E-state index contributed by atoms with van der Waals surface area (Å²) >= 11 is 0. The smallest absolute Gasteiger partial charge is 0.160 e. The van der Waals surface area contributed by atoms with Gasteiger partial charge in [-0.2, -0.15) is 0 Å². The quantitative estimate of drug-likeness (QED) is 0.184. The van der Waals surface area contributed by atoms with Crippen LogP contribution in [0.25, 0.3) is 77.7 Å². The maximum Gasteiger partial charge on any atom is 0.160 e. The molecule has 2 heteroatoms. The Bertz CT molecular complexity index is 2470. The predicted molar refractivity (Wildman–Crippen MR) is 201 cm³/mol. The zero-order valence-electron chi connectivity index (χ0n) is 27.3. The number of aromatic nitrogens is 2. The van der Waals surface area contributed by atoms with Gasteiger partial charge in [0.2, 0.25) is 0 Å². The minimum Gasteiger partial charge on any atom is -0.228 e. The summed E-state index contributed by atoms with van der Waals surface area (Å²) in [5.41, 5.74) is 14.2. The van der Waals surface area contributed by atoms with Gasteiger partial charge in [0.25, 0.3) is 0 Å². The van der Waals surface area contributed by atoms with E-state index < -0.39 is 0 Å². The van der Waals surface area contributed by atoms with E-state index in [0.29, 0.717) is 0 Å². The number of benzene rings is 7. The fraction of sp³-hybridized carbons (Fsp3) is 0.0870. The van der Waals surface area contributed by atoms with Crippen molar-refractivity contribution in [2.24, 2.45) is 0 Å². The van der Waals surface area contributed by atoms with Gasteiger partial charge < -0.3 is 0 Å². The fourth-order valence-electron chi connectivity index (χ4n) is 7.79. The van der Waals surface area contributed by atoms with Gasteiger partial charge in [-0.1, -0.05) is 159 Å². The van der Waals surface area contributed by atoms with Gasteiger partial charge in [0.05, 0.1) is 11.4 Å². The van der Waals surface area contributed by atoms with E-state index in [1.807, 2.05) is 24.3 Å². The lowest BCUT2D eigenvalue weighted by Gasteiger charge is -2.23. The van der Waals surface area contributed by atoms with Gasteiger partial charge in [-0.3, -0.25) is 0 Å². The minimum absolute atomic E-state index is 0.0773. The Kier molecular flexibility index (Phi) is 6.42. The lowest BCUT2D eigenvalue weighted by Crippen LogP contribution is -2.14. The Labute approximate surface area is 281 Å². The number of hydrogen-bond acceptors (Lipinski definition) is 2. The number of aryl methyl sites for hydroxylation is 1. The molecule has 8 aromatic rings. The predicted octanol–water partition coefficient (Wildman–Crippen LogP) is 12.1. The molecule has 0 aliphatic heterocycles. The van der Waals surface area contributed by atoms with Crippen molar-refractivity contribution in [3.05, 3.63) is 168 Å². The largest absolute Gasteiger partial charge is 0.228 e. The minimum atomic E-state index is -0.0773. The molecule has 0 unspecified atom stereocenters. The molecule has 0 N–H and O–H groups in total. The van der Waals surface area contributed by atoms with Gasteiger partial charge in [0.15, 0.2) is 5.82 Å². The van der Waals surface area contributed by atoms with Gasteiger partial charge in [0.1, 0.15) is 0 Å². The van der Waals surface area contributed by atoms with Gasteiger partial charge in [-0.15, -0.1) is 0 Å². The molecule has 1 heterocycles. The molecular weight excluding hydrogens is 581 g/mol. The van der Waals surface area contributed by atoms with E-state index in [9.17, 15) is 0 Å². The van der Waals surface area contributed by atoms with Crippen molar-refractivity contribution in [2.45, 2.75) is 26.2 Å². The van der Waals surface area contributed by atoms with E-state index in [2.05, 4.69) is 148 Å². The summed E-state index contributed by atoms with van der Waals surface area (Å²) in [5.74, 6) is 0.723. The highest BCUT2D eigenvalue weighted by atomic mass is 14.9. The average Bonchev–Trinajstić information content (AvgIpc) is 3.36. The van der Waals surface area contributed by atoms with Gasteiger partial charge in [-0.25, -0.2) is 9.97 Å². The molecule has 9 rings (SSSR count). The van der Waals surface area contributed by atoms with Crippen LogP contribution in [0.15, 0.2) is 152 Å². The molecule has 2 nitrogen and oxygen atoms in total. The van der Waals surface area contributed by atoms with Crippen molar-refractivity contribution in [2.75, 3.05) is 0 Å². The summed E-state index contributed by atoms with van der Waals surface area (Å²) in [7, 11) is 0. The molecule has 0 saturated carbocycles. The second-order valence-corrected chi connectivity index (χ2v) is 13.5. The first kappa shape index (κ1) is 28.4. The summed E-state index contributed by atoms with van der Waals surface area (Å²) in [6.45, 7) is 6.90. The molecule has 0 radical (unpaired) electrons. The van der Waals surface area contributed by atoms with Crippen LogP contribution in [0.5, 0.6) is 0 Å². The molecule has 1 aliphatic rings. The Hall–Kier alpha value is -5.86. The molecule has 0 bridgehead atoms. The normalized spacial score (nSPS) is 13.1. The van der Waals surface area contributed by atoms with Crippen LogP contribution >= 0.6 is 0 Å². The first-order chi connectivity index (χ1) is 23.5. The first-order valence-corrected chi connectivity index (χ1v) is 16.7. The molecule has 1 aliphatic carbocycles. The third kappa shape index (κ3) is 4.41. The summed E-state index contributed by atoms with van der Waals surface area (Å²) in [6.07, 6.45) is 0. The van der Waals surface area contributed by atoms with E-state index in [-0.39, 0.29) is 5.41 Å². The van der Waals surface area contributed by atoms with Crippen LogP contribution in [0.4, 0.5) is 0 Å². The van der Waals surface area contributed by atoms with Crippen molar-refractivity contribution in [1.29, 1.82) is 0 Å². The zero-order valence-corrected chi connectivity index (χ0v) is 27.3. The van der Waals surface area contributed by atoms with Crippen molar-refractivity contribution in [3.8, 4) is 56.2 Å². The molecule has 7 aromatic carbocycles. The van der Waals surface area contributed by atoms with Crippen LogP contribution in [-0.4, -0.2) is 9.97 Å². The molecule has 228 valence electrons. The Morgan fingerprint density at radius 3 is 1.79 bits per heavy atom. The van der Waals surface area contributed by atoms with Gasteiger partial charge in [0, 0.05) is 22.1 Å². The van der Waals surface area contributed by atoms with E-state index in [1.54, 1.807) is 0 Å². The zero-order chi connectivity index (χ0) is 32.4. The highest BCUT2D eigenvalue weighted by Crippen LogP contribution is 2.51. The monoisotopic (exact) mass is 614 g/mol. The third-order valence-electron chi connectivity index (χ3n) is 10.1. The number of nitrogens with zero attached hydrogens (tertiary/aromatic N) is 2. The average molecular weight is 615 g/mol. The maximum atomic E-state index is 5.30. The third-order valence-corrected chi connectivity index (χ3v) is 10.1. The molecule has 0 saturated heterocycles. The summed E-state index contributed by atoms with van der Waals surface area (Å²) in [4.78, 5) is 10.4. The second kappa shape index (κ2) is 10.9. The van der Waals surface area contributed by atoms with Crippen molar-refractivity contribution < 1.29 is 0 Å². The molecule has 48 heavy (non-hydrogen) atoms. The van der Waals surface area contributed by atoms with Crippen LogP contribution in [0.3, 0.4) is 0 Å². The molecule has 0 spiro atoms. The van der Waals surface area contributed by atoms with Gasteiger partial charge in [-0.05, 0) is 74.0 Å². The maximum absolute atomic E-state index is 5.30. The summed E-state index contributed by atoms with van der Waals surface area (Å²) in [6, 6.07) is 54.6. The SMILES string of the molecule is Cc1ccc2c(-c3cc(-c4ccccc4)nc(-c4ccccc4)n3)c3ccccc3c(-c3ccc4c(c3)C(C)(C)c3ccccc3-4)c2c1. The number of rotatable bonds is 4. The Balaban J connectivity index is 1.35. The van der Waals surface area contributed by atoms with E-state index >= 15 is 0 Å². The molecule has 1 aromatic heterocycles. The van der Waals surface area contributed by atoms with E-state index in [1.165, 1.54) is 60.5 Å². The molecule has 0 atom stereocenters. The highest BCUT2D eigenvalue weighted by molar-refractivity contribution is 6.21. The molecule has 0 amide bonds. The standard InChI is InChI=1S/C46H34N2/c1-29-22-24-37-38(26-29)43(32-23-25-34-33-18-12-13-21-39(33)46(2,3)40(34)27-32)35-19-10-11-20-36(35)44(37)42-28-41(30-14-6-4-7-15-30)47-45(48-42)31-16-8-5-9-17-31/h4-28H,1-3H3. The highest BCUT2D eigenvalue weighted by Gasteiger charge is 2.35. The van der Waals surface area contributed by atoms with Gasteiger partial charge >= 0.3 is 0 Å². The Morgan fingerprint density at radius 2 is 1.02 bits per heavy atom. The second-order valence-electron chi connectivity index (χ2n) is 13.5. The molecule has 0 fully saturated rings. The number of hydrogen-bond donors (Lipinski definition) is 0. The fourth-order valence-corrected chi connectivity index (χ4v) is 7.79. The van der Waals surface area contributed by atoms with Crippen LogP contribution in [0.2, 0.25) is 0 Å². The van der Waals surface area contributed by atoms with Crippen LogP contribution in [0, 0.1) is 6.92 Å². The van der Waals surface area contributed by atoms with Crippen molar-refractivity contribution in [1.82, 2.24) is 9.97 Å². The molecular formula is C46H34N2. The lowest BCUT2D eigenvalue weighted by molar-refractivity contribution is 0.660. The summed E-state index contributed by atoms with van der Waals surface area (Å²) in [5, 5.41) is 4.83. The van der Waals surface area contributed by atoms with Crippen molar-refractivity contribution in [3.63, 3.8) is 0 Å². The van der Waals surface area contributed by atoms with E-state index in [4.69, 9.17) is 9.97 Å². The number of fused-ring (bicyclic) bond motifs is 5. The van der Waals surface area contributed by atoms with Crippen LogP contribution in [0.1, 0.15) is 30.5 Å². The van der Waals surface area contributed by atoms with Crippen LogP contribution in [-0.2, 0) is 5.41 Å². The van der Waals surface area contributed by atoms with Crippen molar-refractivity contribution >= 4 is 21.5 Å². The van der Waals surface area contributed by atoms with E-state index in [0.717, 1.165) is 33.9 Å². The topological polar surface area (TPSA) is 25.8 Å². The first-order valence-electron chi connectivity index (χ1n) is 16.7. The summed E-state index contributed by atoms with van der Waals surface area (Å²) < 4.78 is 0.